The van der Waals surface area contributed by atoms with Crippen LogP contribution in [0.4, 0.5) is 4.79 Å². The zero-order valence-electron chi connectivity index (χ0n) is 21.8. The molecule has 8 nitrogen and oxygen atoms in total. The molecule has 208 valence electrons. The molecule has 0 radical (unpaired) electrons. The number of aliphatic hydroxyl groups excluding tert-OH is 1. The maximum Gasteiger partial charge on any atom is 0.416 e. The first-order chi connectivity index (χ1) is 19.3. The maximum absolute atomic E-state index is 13.5. The smallest absolute Gasteiger partial charge is 0.416 e. The van der Waals surface area contributed by atoms with Crippen molar-refractivity contribution in [2.24, 2.45) is 0 Å². The minimum absolute atomic E-state index is 0.0359. The van der Waals surface area contributed by atoms with E-state index >= 15 is 0 Å². The molecule has 3 N–H and O–H groups in total. The second-order valence-electron chi connectivity index (χ2n) is 9.57. The molecule has 0 bridgehead atoms. The molecule has 2 unspecified atom stereocenters. The summed E-state index contributed by atoms with van der Waals surface area (Å²) in [5.74, 6) is 0.924. The minimum atomic E-state index is -0.833. The molecule has 0 aliphatic carbocycles. The van der Waals surface area contributed by atoms with E-state index < -0.39 is 18.2 Å². The van der Waals surface area contributed by atoms with Crippen LogP contribution in [0.1, 0.15) is 36.2 Å². The van der Waals surface area contributed by atoms with E-state index in [0.29, 0.717) is 35.9 Å². The average Bonchev–Trinajstić information content (AvgIpc) is 3.33. The molecule has 0 saturated carbocycles. The van der Waals surface area contributed by atoms with Crippen molar-refractivity contribution in [1.29, 1.82) is 0 Å². The van der Waals surface area contributed by atoms with Crippen molar-refractivity contribution >= 4 is 57.1 Å². The van der Waals surface area contributed by atoms with Crippen molar-refractivity contribution in [2.45, 2.75) is 31.9 Å². The summed E-state index contributed by atoms with van der Waals surface area (Å²) in [6, 6.07) is 20.1. The Kier molecular flexibility index (Phi) is 8.82. The molecule has 0 spiro atoms. The van der Waals surface area contributed by atoms with E-state index in [4.69, 9.17) is 21.1 Å². The van der Waals surface area contributed by atoms with Crippen LogP contribution in [0.3, 0.4) is 0 Å². The van der Waals surface area contributed by atoms with Gasteiger partial charge in [0.25, 0.3) is 0 Å². The lowest BCUT2D eigenvalue weighted by molar-refractivity contribution is -0.121. The van der Waals surface area contributed by atoms with E-state index in [0.717, 1.165) is 31.3 Å². The third kappa shape index (κ3) is 6.37. The summed E-state index contributed by atoms with van der Waals surface area (Å²) in [7, 11) is 0. The third-order valence-electron chi connectivity index (χ3n) is 6.84. The molecule has 2 amide bonds. The van der Waals surface area contributed by atoms with Crippen LogP contribution in [-0.4, -0.2) is 52.8 Å². The fourth-order valence-electron chi connectivity index (χ4n) is 4.82. The number of ether oxygens (including phenoxy) is 2. The van der Waals surface area contributed by atoms with Gasteiger partial charge in [0.05, 0.1) is 0 Å². The molecule has 1 aliphatic heterocycles. The Hall–Kier alpha value is -3.28. The van der Waals surface area contributed by atoms with Crippen LogP contribution in [0.2, 0.25) is 5.02 Å². The molecule has 1 aliphatic rings. The largest absolute Gasteiger partial charge is 0.491 e. The number of carbonyl (C=O) groups excluding carboxylic acids is 2. The van der Waals surface area contributed by atoms with Gasteiger partial charge >= 0.3 is 6.09 Å². The minimum Gasteiger partial charge on any atom is -0.491 e. The molecule has 3 aromatic carbocycles. The number of aromatic amines is 1. The fraction of sp³-hybridized carbons (Fsp3) is 0.267. The van der Waals surface area contributed by atoms with Crippen LogP contribution in [0, 0.1) is 3.57 Å². The first kappa shape index (κ1) is 28.3. The summed E-state index contributed by atoms with van der Waals surface area (Å²) in [6.07, 6.45) is -0.259. The van der Waals surface area contributed by atoms with E-state index in [1.54, 1.807) is 24.0 Å². The van der Waals surface area contributed by atoms with Gasteiger partial charge in [-0.05, 0) is 94.7 Å². The van der Waals surface area contributed by atoms with Gasteiger partial charge in [-0.25, -0.2) is 4.79 Å². The van der Waals surface area contributed by atoms with E-state index in [-0.39, 0.29) is 19.1 Å². The van der Waals surface area contributed by atoms with Crippen LogP contribution in [0.5, 0.6) is 11.5 Å². The predicted octanol–water partition coefficient (Wildman–Crippen LogP) is 5.84. The highest BCUT2D eigenvalue weighted by molar-refractivity contribution is 14.1. The van der Waals surface area contributed by atoms with Crippen LogP contribution in [0.25, 0.3) is 10.9 Å². The van der Waals surface area contributed by atoms with Crippen molar-refractivity contribution in [1.82, 2.24) is 15.2 Å². The molecule has 10 heteroatoms. The quantitative estimate of drug-likeness (QED) is 0.204. The molecule has 2 atom stereocenters. The molecule has 5 rings (SSSR count). The van der Waals surface area contributed by atoms with Gasteiger partial charge in [0.15, 0.2) is 0 Å². The highest BCUT2D eigenvalue weighted by Crippen LogP contribution is 2.40. The topological polar surface area (TPSA) is 104 Å². The van der Waals surface area contributed by atoms with Crippen LogP contribution < -0.4 is 14.8 Å². The average molecular weight is 674 g/mol. The molecular formula is C30H29ClIN3O5. The van der Waals surface area contributed by atoms with E-state index in [1.165, 1.54) is 0 Å². The fourth-order valence-corrected chi connectivity index (χ4v) is 5.35. The van der Waals surface area contributed by atoms with Gasteiger partial charge in [-0.2, -0.15) is 0 Å². The van der Waals surface area contributed by atoms with E-state index in [9.17, 15) is 14.7 Å². The Morgan fingerprint density at radius 1 is 1.12 bits per heavy atom. The lowest BCUT2D eigenvalue weighted by Crippen LogP contribution is -2.42. The van der Waals surface area contributed by atoms with Crippen molar-refractivity contribution < 1.29 is 24.2 Å². The Labute approximate surface area is 250 Å². The zero-order chi connectivity index (χ0) is 28.2. The summed E-state index contributed by atoms with van der Waals surface area (Å²) in [6.45, 7) is 2.38. The first-order valence-corrected chi connectivity index (χ1v) is 14.5. The number of nitrogens with zero attached hydrogens (tertiary/aromatic N) is 1. The molecule has 40 heavy (non-hydrogen) atoms. The number of aromatic nitrogens is 1. The Balaban J connectivity index is 1.40. The maximum atomic E-state index is 13.5. The Bertz CT molecular complexity index is 1510. The number of fused-ring (bicyclic) bond motifs is 3. The zero-order valence-corrected chi connectivity index (χ0v) is 24.7. The number of nitrogens with one attached hydrogen (secondary N) is 2. The number of benzene rings is 3. The monoisotopic (exact) mass is 673 g/mol. The van der Waals surface area contributed by atoms with Crippen molar-refractivity contribution in [3.05, 3.63) is 92.1 Å². The number of aliphatic hydroxyl groups is 1. The predicted molar refractivity (Wildman–Crippen MR) is 162 cm³/mol. The number of hydrogen-bond acceptors (Lipinski definition) is 5. The molecule has 0 saturated heterocycles. The van der Waals surface area contributed by atoms with Gasteiger partial charge in [-0.1, -0.05) is 30.7 Å². The molecule has 4 aromatic rings. The third-order valence-corrected chi connectivity index (χ3v) is 7.79. The van der Waals surface area contributed by atoms with Gasteiger partial charge in [-0.3, -0.25) is 9.69 Å². The van der Waals surface area contributed by atoms with E-state index in [1.807, 2.05) is 54.6 Å². The summed E-state index contributed by atoms with van der Waals surface area (Å²) in [5, 5.41) is 14.5. The number of amides is 2. The van der Waals surface area contributed by atoms with Crippen molar-refractivity contribution in [3.8, 4) is 11.5 Å². The van der Waals surface area contributed by atoms with Crippen LogP contribution in [-0.2, 0) is 11.2 Å². The molecule has 2 heterocycles. The summed E-state index contributed by atoms with van der Waals surface area (Å²) >= 11 is 8.52. The Morgan fingerprint density at radius 3 is 2.58 bits per heavy atom. The van der Waals surface area contributed by atoms with Crippen LogP contribution in [0.15, 0.2) is 66.7 Å². The highest BCUT2D eigenvalue weighted by Gasteiger charge is 2.35. The molecular weight excluding hydrogens is 645 g/mol. The van der Waals surface area contributed by atoms with E-state index in [2.05, 4.69) is 32.9 Å². The van der Waals surface area contributed by atoms with Gasteiger partial charge in [-0.15, -0.1) is 0 Å². The Morgan fingerprint density at radius 2 is 1.85 bits per heavy atom. The van der Waals surface area contributed by atoms with Gasteiger partial charge < -0.3 is 24.9 Å². The van der Waals surface area contributed by atoms with Crippen molar-refractivity contribution in [3.63, 3.8) is 0 Å². The molecule has 0 fully saturated rings. The number of carbonyl (C=O) groups is 2. The first-order valence-electron chi connectivity index (χ1n) is 13.0. The summed E-state index contributed by atoms with van der Waals surface area (Å²) < 4.78 is 12.6. The lowest BCUT2D eigenvalue weighted by Gasteiger charge is -2.35. The number of rotatable bonds is 8. The van der Waals surface area contributed by atoms with Gasteiger partial charge in [0, 0.05) is 44.7 Å². The van der Waals surface area contributed by atoms with Crippen LogP contribution >= 0.6 is 34.2 Å². The SMILES string of the molecule is CCC(=O)NCC(O)COc1ccc(C2c3[nH]c4ccc(Cl)cc4c3CCN2C(=O)Oc2ccc(I)cc2)cc1. The number of halogens is 2. The molecule has 1 aromatic heterocycles. The second-order valence-corrected chi connectivity index (χ2v) is 11.2. The second kappa shape index (κ2) is 12.5. The summed E-state index contributed by atoms with van der Waals surface area (Å²) in [4.78, 5) is 30.1. The van der Waals surface area contributed by atoms with Gasteiger partial charge in [0.2, 0.25) is 5.91 Å². The number of hydrogen-bond donors (Lipinski definition) is 3. The standard InChI is InChI=1S/C30H29ClIN3O5/c1-2-27(37)33-16-21(36)17-39-22-8-3-18(4-9-22)29-28-24(25-15-19(31)5-12-26(25)34-28)13-14-35(29)30(38)40-23-10-6-20(32)7-11-23/h3-12,15,21,29,34,36H,2,13-14,16-17H2,1H3,(H,33,37). The normalized spacial score (nSPS) is 15.4. The summed E-state index contributed by atoms with van der Waals surface area (Å²) in [5.41, 5.74) is 3.87. The lowest BCUT2D eigenvalue weighted by atomic mass is 9.92. The van der Waals surface area contributed by atoms with Crippen molar-refractivity contribution in [2.75, 3.05) is 19.7 Å². The number of H-pyrrole nitrogens is 1. The highest BCUT2D eigenvalue weighted by atomic mass is 127. The van der Waals surface area contributed by atoms with Gasteiger partial charge in [0.1, 0.15) is 30.3 Å².